The van der Waals surface area contributed by atoms with Crippen LogP contribution in [0.25, 0.3) is 0 Å². The number of piperidine rings is 1. The lowest BCUT2D eigenvalue weighted by molar-refractivity contribution is -0.147. The molecule has 2 nitrogen and oxygen atoms in total. The second kappa shape index (κ2) is 12.5. The average molecular weight is 346 g/mol. The fourth-order valence-corrected chi connectivity index (χ4v) is 4.20. The maximum Gasteiger partial charge on any atom is 0.0356 e. The summed E-state index contributed by atoms with van der Waals surface area (Å²) in [6.45, 7) is 3.10. The first-order valence-electron chi connectivity index (χ1n) is 10.8. The predicted molar refractivity (Wildman–Crippen MR) is 107 cm³/mol. The first-order chi connectivity index (χ1) is 12.3. The van der Waals surface area contributed by atoms with Crippen molar-refractivity contribution < 1.29 is 5.21 Å². The van der Waals surface area contributed by atoms with Gasteiger partial charge in [-0.2, -0.15) is 5.06 Å². The van der Waals surface area contributed by atoms with Gasteiger partial charge >= 0.3 is 0 Å². The predicted octanol–water partition coefficient (Wildman–Crippen LogP) is 6.93. The first kappa shape index (κ1) is 20.5. The highest BCUT2D eigenvalue weighted by Gasteiger charge is 2.27. The Kier molecular flexibility index (Phi) is 10.2. The van der Waals surface area contributed by atoms with Gasteiger partial charge in [0, 0.05) is 12.6 Å². The van der Waals surface area contributed by atoms with E-state index in [1.54, 1.807) is 5.06 Å². The van der Waals surface area contributed by atoms with Crippen molar-refractivity contribution in [2.75, 3.05) is 6.54 Å². The van der Waals surface area contributed by atoms with E-state index in [2.05, 4.69) is 37.3 Å². The van der Waals surface area contributed by atoms with Crippen LogP contribution in [0.5, 0.6) is 0 Å². The van der Waals surface area contributed by atoms with Crippen molar-refractivity contribution in [1.82, 2.24) is 5.06 Å². The molecule has 1 aromatic carbocycles. The van der Waals surface area contributed by atoms with Crippen LogP contribution in [0.4, 0.5) is 0 Å². The van der Waals surface area contributed by atoms with Crippen molar-refractivity contribution >= 4 is 0 Å². The molecule has 2 atom stereocenters. The van der Waals surface area contributed by atoms with Gasteiger partial charge in [0.25, 0.3) is 0 Å². The lowest BCUT2D eigenvalue weighted by Crippen LogP contribution is -2.39. The lowest BCUT2D eigenvalue weighted by atomic mass is 9.84. The van der Waals surface area contributed by atoms with E-state index in [1.807, 2.05) is 0 Å². The Bertz CT molecular complexity index is 433. The summed E-state index contributed by atoms with van der Waals surface area (Å²) >= 11 is 0. The van der Waals surface area contributed by atoms with Crippen LogP contribution in [0.2, 0.25) is 0 Å². The summed E-state index contributed by atoms with van der Waals surface area (Å²) in [7, 11) is 0. The summed E-state index contributed by atoms with van der Waals surface area (Å²) in [5.74, 6) is 0.623. The monoisotopic (exact) mass is 345 g/mol. The van der Waals surface area contributed by atoms with Gasteiger partial charge in [0.1, 0.15) is 0 Å². The largest absolute Gasteiger partial charge is 0.314 e. The van der Waals surface area contributed by atoms with Crippen molar-refractivity contribution in [2.24, 2.45) is 0 Å². The minimum Gasteiger partial charge on any atom is -0.314 e. The van der Waals surface area contributed by atoms with E-state index in [-0.39, 0.29) is 0 Å². The van der Waals surface area contributed by atoms with Crippen molar-refractivity contribution in [2.45, 2.75) is 102 Å². The molecule has 1 aliphatic heterocycles. The molecule has 0 radical (unpaired) electrons. The second-order valence-corrected chi connectivity index (χ2v) is 7.92. The number of unbranched alkanes of at least 4 members (excludes halogenated alkanes) is 9. The van der Waals surface area contributed by atoms with Gasteiger partial charge in [-0.1, -0.05) is 101 Å². The van der Waals surface area contributed by atoms with Crippen molar-refractivity contribution in [1.29, 1.82) is 0 Å². The highest BCUT2D eigenvalue weighted by Crippen LogP contribution is 2.32. The molecule has 0 unspecified atom stereocenters. The molecule has 2 heteroatoms. The number of benzene rings is 1. The van der Waals surface area contributed by atoms with Crippen LogP contribution >= 0.6 is 0 Å². The van der Waals surface area contributed by atoms with Gasteiger partial charge < -0.3 is 5.21 Å². The van der Waals surface area contributed by atoms with Gasteiger partial charge in [0.05, 0.1) is 0 Å². The number of rotatable bonds is 12. The SMILES string of the molecule is CCCCCCCCCCCC[C@H]1C[C@H](c2ccccc2)CCN1O. The van der Waals surface area contributed by atoms with Crippen molar-refractivity contribution in [3.63, 3.8) is 0 Å². The third kappa shape index (κ3) is 7.92. The third-order valence-corrected chi connectivity index (χ3v) is 5.85. The highest BCUT2D eigenvalue weighted by molar-refractivity contribution is 5.20. The maximum atomic E-state index is 10.2. The Morgan fingerprint density at radius 2 is 1.48 bits per heavy atom. The molecule has 1 aromatic rings. The Hall–Kier alpha value is -0.860. The normalized spacial score (nSPS) is 21.5. The Labute approximate surface area is 155 Å². The minimum absolute atomic E-state index is 0.355. The number of hydroxylamine groups is 2. The summed E-state index contributed by atoms with van der Waals surface area (Å²) in [4.78, 5) is 0. The van der Waals surface area contributed by atoms with Gasteiger partial charge in [-0.25, -0.2) is 0 Å². The molecule has 1 heterocycles. The van der Waals surface area contributed by atoms with E-state index in [0.717, 1.165) is 25.8 Å². The lowest BCUT2D eigenvalue weighted by Gasteiger charge is -2.35. The van der Waals surface area contributed by atoms with Crippen LogP contribution in [0.1, 0.15) is 102 Å². The molecule has 25 heavy (non-hydrogen) atoms. The number of hydrogen-bond acceptors (Lipinski definition) is 2. The topological polar surface area (TPSA) is 23.5 Å². The average Bonchev–Trinajstić information content (AvgIpc) is 2.65. The van der Waals surface area contributed by atoms with Crippen molar-refractivity contribution in [3.05, 3.63) is 35.9 Å². The summed E-state index contributed by atoms with van der Waals surface area (Å²) in [5, 5.41) is 11.8. The molecular weight excluding hydrogens is 306 g/mol. The van der Waals surface area contributed by atoms with Crippen LogP contribution in [-0.2, 0) is 0 Å². The second-order valence-electron chi connectivity index (χ2n) is 7.92. The molecule has 0 spiro atoms. The van der Waals surface area contributed by atoms with Crippen LogP contribution < -0.4 is 0 Å². The zero-order valence-electron chi connectivity index (χ0n) is 16.3. The van der Waals surface area contributed by atoms with E-state index in [0.29, 0.717) is 12.0 Å². The molecular formula is C23H39NO. The van der Waals surface area contributed by atoms with Crippen LogP contribution in [0.3, 0.4) is 0 Å². The van der Waals surface area contributed by atoms with Gasteiger partial charge in [0.2, 0.25) is 0 Å². The fourth-order valence-electron chi connectivity index (χ4n) is 4.20. The summed E-state index contributed by atoms with van der Waals surface area (Å²) in [6, 6.07) is 11.2. The van der Waals surface area contributed by atoms with Crippen molar-refractivity contribution in [3.8, 4) is 0 Å². The molecule has 142 valence electrons. The molecule has 1 fully saturated rings. The Morgan fingerprint density at radius 1 is 0.880 bits per heavy atom. The molecule has 0 aliphatic carbocycles. The molecule has 0 bridgehead atoms. The smallest absolute Gasteiger partial charge is 0.0356 e. The van der Waals surface area contributed by atoms with Crippen LogP contribution in [0, 0.1) is 0 Å². The molecule has 2 rings (SSSR count). The highest BCUT2D eigenvalue weighted by atomic mass is 16.5. The van der Waals surface area contributed by atoms with Crippen LogP contribution in [-0.4, -0.2) is 22.9 Å². The standard InChI is InChI=1S/C23H39NO/c1-2-3-4-5-6-7-8-9-10-14-17-23-20-22(18-19-24(23)25)21-15-12-11-13-16-21/h11-13,15-16,22-23,25H,2-10,14,17-20H2,1H3/t22-,23+/m1/s1. The molecule has 1 saturated heterocycles. The van der Waals surface area contributed by atoms with Gasteiger partial charge in [0.15, 0.2) is 0 Å². The quantitative estimate of drug-likeness (QED) is 0.415. The zero-order valence-corrected chi connectivity index (χ0v) is 16.3. The molecule has 0 aromatic heterocycles. The number of hydrogen-bond donors (Lipinski definition) is 1. The van der Waals surface area contributed by atoms with E-state index < -0.39 is 0 Å². The first-order valence-corrected chi connectivity index (χ1v) is 10.8. The third-order valence-electron chi connectivity index (χ3n) is 5.85. The molecule has 1 aliphatic rings. The molecule has 1 N–H and O–H groups in total. The van der Waals surface area contributed by atoms with E-state index >= 15 is 0 Å². The summed E-state index contributed by atoms with van der Waals surface area (Å²) in [5.41, 5.74) is 1.45. The molecule has 0 saturated carbocycles. The Balaban J connectivity index is 1.55. The van der Waals surface area contributed by atoms with E-state index in [1.165, 1.54) is 69.8 Å². The zero-order chi connectivity index (χ0) is 17.7. The minimum atomic E-state index is 0.355. The maximum absolute atomic E-state index is 10.2. The van der Waals surface area contributed by atoms with Gasteiger partial charge in [-0.15, -0.1) is 0 Å². The van der Waals surface area contributed by atoms with Crippen LogP contribution in [0.15, 0.2) is 30.3 Å². The van der Waals surface area contributed by atoms with E-state index in [4.69, 9.17) is 0 Å². The fraction of sp³-hybridized carbons (Fsp3) is 0.739. The Morgan fingerprint density at radius 3 is 2.12 bits per heavy atom. The van der Waals surface area contributed by atoms with Gasteiger partial charge in [-0.05, 0) is 30.7 Å². The molecule has 0 amide bonds. The van der Waals surface area contributed by atoms with Gasteiger partial charge in [-0.3, -0.25) is 0 Å². The summed E-state index contributed by atoms with van der Waals surface area (Å²) < 4.78 is 0. The summed E-state index contributed by atoms with van der Waals surface area (Å²) in [6.07, 6.45) is 17.1. The number of nitrogens with zero attached hydrogens (tertiary/aromatic N) is 1. The van der Waals surface area contributed by atoms with E-state index in [9.17, 15) is 5.21 Å².